The quantitative estimate of drug-likeness (QED) is 0.428. The summed E-state index contributed by atoms with van der Waals surface area (Å²) in [6.07, 6.45) is 3.80. The summed E-state index contributed by atoms with van der Waals surface area (Å²) in [5, 5.41) is 11.7. The summed E-state index contributed by atoms with van der Waals surface area (Å²) in [5.74, 6) is 0. The van der Waals surface area contributed by atoms with Crippen molar-refractivity contribution in [3.8, 4) is 0 Å². The number of hydrogen-bond donors (Lipinski definition) is 2. The topological polar surface area (TPSA) is 32.3 Å². The Bertz CT molecular complexity index is 83.3. The van der Waals surface area contributed by atoms with Crippen LogP contribution in [0, 0.1) is 0 Å². The molecule has 0 heterocycles. The van der Waals surface area contributed by atoms with Gasteiger partial charge in [0.15, 0.2) is 0 Å². The van der Waals surface area contributed by atoms with Crippen molar-refractivity contribution in [3.05, 3.63) is 12.7 Å². The highest BCUT2D eigenvalue weighted by atomic mass is 16.2. The largest absolute Gasteiger partial charge is 0.396 e. The minimum Gasteiger partial charge on any atom is -0.396 e. The Morgan fingerprint density at radius 2 is 2.30 bits per heavy atom. The monoisotopic (exact) mass is 143 g/mol. The van der Waals surface area contributed by atoms with Crippen molar-refractivity contribution < 1.29 is 5.11 Å². The SMILES string of the molecule is C=CC(C)NCCCCO. The molecular formula is C8H17NO. The Kier molecular flexibility index (Phi) is 6.55. The van der Waals surface area contributed by atoms with E-state index in [2.05, 4.69) is 18.8 Å². The summed E-state index contributed by atoms with van der Waals surface area (Å²) in [4.78, 5) is 0. The van der Waals surface area contributed by atoms with Crippen LogP contribution in [0.25, 0.3) is 0 Å². The van der Waals surface area contributed by atoms with Crippen LogP contribution < -0.4 is 5.32 Å². The van der Waals surface area contributed by atoms with Crippen molar-refractivity contribution in [1.29, 1.82) is 0 Å². The van der Waals surface area contributed by atoms with Gasteiger partial charge in [0.05, 0.1) is 0 Å². The van der Waals surface area contributed by atoms with E-state index in [-0.39, 0.29) is 0 Å². The molecular weight excluding hydrogens is 126 g/mol. The van der Waals surface area contributed by atoms with E-state index in [1.807, 2.05) is 6.08 Å². The first kappa shape index (κ1) is 9.66. The molecule has 0 aliphatic rings. The lowest BCUT2D eigenvalue weighted by molar-refractivity contribution is 0.283. The zero-order valence-corrected chi connectivity index (χ0v) is 6.64. The lowest BCUT2D eigenvalue weighted by Crippen LogP contribution is -2.24. The molecule has 2 heteroatoms. The third-order valence-corrected chi connectivity index (χ3v) is 1.40. The van der Waals surface area contributed by atoms with E-state index in [1.165, 1.54) is 0 Å². The molecule has 0 aliphatic heterocycles. The van der Waals surface area contributed by atoms with Gasteiger partial charge in [-0.15, -0.1) is 6.58 Å². The molecule has 0 aliphatic carbocycles. The van der Waals surface area contributed by atoms with Gasteiger partial charge < -0.3 is 10.4 Å². The molecule has 0 saturated carbocycles. The molecule has 1 unspecified atom stereocenters. The van der Waals surface area contributed by atoms with Crippen LogP contribution >= 0.6 is 0 Å². The molecule has 0 radical (unpaired) electrons. The van der Waals surface area contributed by atoms with Crippen LogP contribution in [0.5, 0.6) is 0 Å². The molecule has 0 amide bonds. The van der Waals surface area contributed by atoms with E-state index >= 15 is 0 Å². The second kappa shape index (κ2) is 6.78. The number of unbranched alkanes of at least 4 members (excludes halogenated alkanes) is 1. The maximum absolute atomic E-state index is 8.44. The first-order valence-corrected chi connectivity index (χ1v) is 3.78. The van der Waals surface area contributed by atoms with Gasteiger partial charge in [-0.05, 0) is 26.3 Å². The predicted molar refractivity (Wildman–Crippen MR) is 44.0 cm³/mol. The molecule has 10 heavy (non-hydrogen) atoms. The first-order valence-electron chi connectivity index (χ1n) is 3.78. The fourth-order valence-corrected chi connectivity index (χ4v) is 0.650. The molecule has 0 aromatic carbocycles. The van der Waals surface area contributed by atoms with E-state index in [9.17, 15) is 0 Å². The molecule has 60 valence electrons. The van der Waals surface area contributed by atoms with Gasteiger partial charge in [0.2, 0.25) is 0 Å². The maximum Gasteiger partial charge on any atom is 0.0431 e. The van der Waals surface area contributed by atoms with Crippen LogP contribution in [0.1, 0.15) is 19.8 Å². The molecule has 2 N–H and O–H groups in total. The first-order chi connectivity index (χ1) is 4.81. The van der Waals surface area contributed by atoms with Crippen LogP contribution in [0.4, 0.5) is 0 Å². The van der Waals surface area contributed by atoms with E-state index in [4.69, 9.17) is 5.11 Å². The maximum atomic E-state index is 8.44. The fourth-order valence-electron chi connectivity index (χ4n) is 0.650. The van der Waals surface area contributed by atoms with Crippen molar-refractivity contribution in [1.82, 2.24) is 5.32 Å². The zero-order chi connectivity index (χ0) is 7.82. The van der Waals surface area contributed by atoms with Gasteiger partial charge in [-0.2, -0.15) is 0 Å². The molecule has 0 aromatic rings. The molecule has 0 spiro atoms. The third-order valence-electron chi connectivity index (χ3n) is 1.40. The van der Waals surface area contributed by atoms with Crippen molar-refractivity contribution in [3.63, 3.8) is 0 Å². The Labute approximate surface area is 62.9 Å². The van der Waals surface area contributed by atoms with Gasteiger partial charge in [-0.25, -0.2) is 0 Å². The highest BCUT2D eigenvalue weighted by Gasteiger charge is 1.91. The molecule has 2 nitrogen and oxygen atoms in total. The van der Waals surface area contributed by atoms with Gasteiger partial charge in [-0.3, -0.25) is 0 Å². The third kappa shape index (κ3) is 5.79. The number of rotatable bonds is 6. The van der Waals surface area contributed by atoms with Crippen LogP contribution in [0.2, 0.25) is 0 Å². The van der Waals surface area contributed by atoms with Gasteiger partial charge in [0.25, 0.3) is 0 Å². The average molecular weight is 143 g/mol. The van der Waals surface area contributed by atoms with Crippen molar-refractivity contribution in [2.45, 2.75) is 25.8 Å². The summed E-state index contributed by atoms with van der Waals surface area (Å²) in [6, 6.07) is 0.388. The molecule has 0 rings (SSSR count). The van der Waals surface area contributed by atoms with Gasteiger partial charge in [0, 0.05) is 12.6 Å². The number of nitrogens with one attached hydrogen (secondary N) is 1. The predicted octanol–water partition coefficient (Wildman–Crippen LogP) is 0.923. The van der Waals surface area contributed by atoms with E-state index < -0.39 is 0 Å². The highest BCUT2D eigenvalue weighted by molar-refractivity contribution is 4.80. The van der Waals surface area contributed by atoms with Crippen molar-refractivity contribution in [2.75, 3.05) is 13.2 Å². The Balaban J connectivity index is 2.95. The van der Waals surface area contributed by atoms with E-state index in [0.29, 0.717) is 12.6 Å². The molecule has 0 saturated heterocycles. The summed E-state index contributed by atoms with van der Waals surface area (Å²) in [5.41, 5.74) is 0. The lowest BCUT2D eigenvalue weighted by atomic mass is 10.3. The minimum absolute atomic E-state index is 0.296. The van der Waals surface area contributed by atoms with Crippen LogP contribution in [0.15, 0.2) is 12.7 Å². The van der Waals surface area contributed by atoms with Crippen molar-refractivity contribution in [2.24, 2.45) is 0 Å². The summed E-state index contributed by atoms with van der Waals surface area (Å²) in [6.45, 7) is 6.97. The minimum atomic E-state index is 0.296. The van der Waals surface area contributed by atoms with E-state index in [0.717, 1.165) is 19.4 Å². The standard InChI is InChI=1S/C8H17NO/c1-3-8(2)9-6-4-5-7-10/h3,8-10H,1,4-7H2,2H3. The number of aliphatic hydroxyl groups is 1. The molecule has 0 aromatic heterocycles. The number of aliphatic hydroxyl groups excluding tert-OH is 1. The smallest absolute Gasteiger partial charge is 0.0431 e. The fraction of sp³-hybridized carbons (Fsp3) is 0.750. The Morgan fingerprint density at radius 3 is 2.80 bits per heavy atom. The molecule has 0 bridgehead atoms. The highest BCUT2D eigenvalue weighted by Crippen LogP contribution is 1.86. The Morgan fingerprint density at radius 1 is 1.60 bits per heavy atom. The van der Waals surface area contributed by atoms with Gasteiger partial charge in [0.1, 0.15) is 0 Å². The summed E-state index contributed by atoms with van der Waals surface area (Å²) in [7, 11) is 0. The zero-order valence-electron chi connectivity index (χ0n) is 6.64. The van der Waals surface area contributed by atoms with Gasteiger partial charge >= 0.3 is 0 Å². The molecule has 0 fully saturated rings. The van der Waals surface area contributed by atoms with Crippen molar-refractivity contribution >= 4 is 0 Å². The Hall–Kier alpha value is -0.340. The number of hydrogen-bond acceptors (Lipinski definition) is 2. The summed E-state index contributed by atoms with van der Waals surface area (Å²) < 4.78 is 0. The second-order valence-electron chi connectivity index (χ2n) is 2.41. The van der Waals surface area contributed by atoms with Gasteiger partial charge in [-0.1, -0.05) is 6.08 Å². The molecule has 1 atom stereocenters. The lowest BCUT2D eigenvalue weighted by Gasteiger charge is -2.07. The van der Waals surface area contributed by atoms with Crippen LogP contribution in [0.3, 0.4) is 0 Å². The average Bonchev–Trinajstić information content (AvgIpc) is 1.98. The normalized spacial score (nSPS) is 13.0. The van der Waals surface area contributed by atoms with E-state index in [1.54, 1.807) is 0 Å². The second-order valence-corrected chi connectivity index (χ2v) is 2.41. The van der Waals surface area contributed by atoms with Crippen LogP contribution in [-0.4, -0.2) is 24.3 Å². The van der Waals surface area contributed by atoms with Crippen LogP contribution in [-0.2, 0) is 0 Å². The summed E-state index contributed by atoms with van der Waals surface area (Å²) >= 11 is 0.